The van der Waals surface area contributed by atoms with Crippen molar-refractivity contribution in [3.8, 4) is 0 Å². The van der Waals surface area contributed by atoms with Gasteiger partial charge in [-0.1, -0.05) is 32.0 Å². The predicted octanol–water partition coefficient (Wildman–Crippen LogP) is 4.15. The minimum absolute atomic E-state index is 0.522. The Morgan fingerprint density at radius 3 is 2.78 bits per heavy atom. The summed E-state index contributed by atoms with van der Waals surface area (Å²) in [5, 5.41) is 1.43. The molecule has 3 heterocycles. The molecule has 1 aromatic heterocycles. The standard InChI is InChI=1S/C20H28N2O/c1-14(2)20-19-17(16-5-3-4-6-18(16)21-19)7-10-22(20)13-15-8-11-23-12-9-15/h3-6,14-15,20-21H,7-13H2,1-2H3. The number of fused-ring (bicyclic) bond motifs is 3. The van der Waals surface area contributed by atoms with Crippen molar-refractivity contribution in [3.05, 3.63) is 35.5 Å². The van der Waals surface area contributed by atoms with E-state index in [9.17, 15) is 0 Å². The second-order valence-electron chi connectivity index (χ2n) is 7.55. The zero-order chi connectivity index (χ0) is 15.8. The molecule has 1 atom stereocenters. The van der Waals surface area contributed by atoms with Crippen LogP contribution in [-0.4, -0.2) is 36.2 Å². The molecule has 0 aliphatic carbocycles. The summed E-state index contributed by atoms with van der Waals surface area (Å²) in [5.41, 5.74) is 4.33. The second kappa shape index (κ2) is 6.29. The normalized spacial score (nSPS) is 23.5. The topological polar surface area (TPSA) is 28.3 Å². The van der Waals surface area contributed by atoms with Gasteiger partial charge in [-0.25, -0.2) is 0 Å². The Balaban J connectivity index is 1.65. The number of H-pyrrole nitrogens is 1. The predicted molar refractivity (Wildman–Crippen MR) is 94.7 cm³/mol. The van der Waals surface area contributed by atoms with Gasteiger partial charge in [0.05, 0.1) is 6.04 Å². The number of aromatic amines is 1. The highest BCUT2D eigenvalue weighted by Gasteiger charge is 2.33. The van der Waals surface area contributed by atoms with Gasteiger partial charge in [0.1, 0.15) is 0 Å². The number of aromatic nitrogens is 1. The van der Waals surface area contributed by atoms with Crippen LogP contribution in [-0.2, 0) is 11.2 Å². The molecular weight excluding hydrogens is 284 g/mol. The molecule has 2 aromatic rings. The lowest BCUT2D eigenvalue weighted by molar-refractivity contribution is 0.0370. The number of nitrogens with zero attached hydrogens (tertiary/aromatic N) is 1. The van der Waals surface area contributed by atoms with Crippen LogP contribution in [0.3, 0.4) is 0 Å². The fraction of sp³-hybridized carbons (Fsp3) is 0.600. The summed E-state index contributed by atoms with van der Waals surface area (Å²) >= 11 is 0. The van der Waals surface area contributed by atoms with Crippen molar-refractivity contribution in [2.45, 2.75) is 39.2 Å². The Labute approximate surface area is 139 Å². The van der Waals surface area contributed by atoms with Crippen molar-refractivity contribution in [2.75, 3.05) is 26.3 Å². The molecule has 2 aliphatic heterocycles. The zero-order valence-electron chi connectivity index (χ0n) is 14.3. The largest absolute Gasteiger partial charge is 0.381 e. The third-order valence-electron chi connectivity index (χ3n) is 5.65. The van der Waals surface area contributed by atoms with Crippen LogP contribution in [0, 0.1) is 11.8 Å². The molecule has 0 spiro atoms. The van der Waals surface area contributed by atoms with Crippen LogP contribution < -0.4 is 0 Å². The van der Waals surface area contributed by atoms with Crippen molar-refractivity contribution < 1.29 is 4.74 Å². The van der Waals surface area contributed by atoms with Crippen LogP contribution in [0.4, 0.5) is 0 Å². The van der Waals surface area contributed by atoms with Crippen molar-refractivity contribution >= 4 is 10.9 Å². The molecule has 3 heteroatoms. The Morgan fingerprint density at radius 1 is 1.22 bits per heavy atom. The molecule has 0 saturated carbocycles. The number of nitrogens with one attached hydrogen (secondary N) is 1. The Bertz CT molecular complexity index is 669. The van der Waals surface area contributed by atoms with Crippen LogP contribution in [0.1, 0.15) is 44.0 Å². The molecule has 1 saturated heterocycles. The van der Waals surface area contributed by atoms with Crippen LogP contribution in [0.15, 0.2) is 24.3 Å². The van der Waals surface area contributed by atoms with Crippen molar-refractivity contribution in [3.63, 3.8) is 0 Å². The second-order valence-corrected chi connectivity index (χ2v) is 7.55. The average Bonchev–Trinajstić information content (AvgIpc) is 2.93. The lowest BCUT2D eigenvalue weighted by Gasteiger charge is -2.40. The summed E-state index contributed by atoms with van der Waals surface area (Å²) in [7, 11) is 0. The molecule has 3 nitrogen and oxygen atoms in total. The summed E-state index contributed by atoms with van der Waals surface area (Å²) in [6, 6.07) is 9.31. The Kier molecular flexibility index (Phi) is 4.16. The summed E-state index contributed by atoms with van der Waals surface area (Å²) in [4.78, 5) is 6.48. The highest BCUT2D eigenvalue weighted by Crippen LogP contribution is 2.39. The van der Waals surface area contributed by atoms with Gasteiger partial charge >= 0.3 is 0 Å². The summed E-state index contributed by atoms with van der Waals surface area (Å²) in [5.74, 6) is 1.43. The Hall–Kier alpha value is -1.32. The maximum absolute atomic E-state index is 5.53. The van der Waals surface area contributed by atoms with Crippen molar-refractivity contribution in [2.24, 2.45) is 11.8 Å². The maximum atomic E-state index is 5.53. The van der Waals surface area contributed by atoms with Gasteiger partial charge in [-0.2, -0.15) is 0 Å². The smallest absolute Gasteiger partial charge is 0.0524 e. The lowest BCUT2D eigenvalue weighted by Crippen LogP contribution is -2.41. The molecule has 1 unspecified atom stereocenters. The average molecular weight is 312 g/mol. The number of rotatable bonds is 3. The summed E-state index contributed by atoms with van der Waals surface area (Å²) in [6.07, 6.45) is 3.62. The molecule has 2 aliphatic rings. The third kappa shape index (κ3) is 2.81. The zero-order valence-corrected chi connectivity index (χ0v) is 14.3. The van der Waals surface area contributed by atoms with Gasteiger partial charge in [-0.15, -0.1) is 0 Å². The quantitative estimate of drug-likeness (QED) is 0.922. The van der Waals surface area contributed by atoms with Crippen LogP contribution in [0.25, 0.3) is 10.9 Å². The van der Waals surface area contributed by atoms with E-state index in [1.165, 1.54) is 48.9 Å². The number of benzene rings is 1. The molecule has 1 N–H and O–H groups in total. The first-order valence-electron chi connectivity index (χ1n) is 9.15. The molecule has 0 bridgehead atoms. The van der Waals surface area contributed by atoms with E-state index in [0.717, 1.165) is 19.1 Å². The molecule has 1 aromatic carbocycles. The Morgan fingerprint density at radius 2 is 2.00 bits per heavy atom. The molecule has 4 rings (SSSR count). The summed E-state index contributed by atoms with van der Waals surface area (Å²) in [6.45, 7) is 9.03. The van der Waals surface area contributed by atoms with Gasteiger partial charge < -0.3 is 9.72 Å². The fourth-order valence-electron chi connectivity index (χ4n) is 4.54. The lowest BCUT2D eigenvalue weighted by atomic mass is 9.88. The number of ether oxygens (including phenoxy) is 1. The van der Waals surface area contributed by atoms with Crippen LogP contribution >= 0.6 is 0 Å². The summed E-state index contributed by atoms with van der Waals surface area (Å²) < 4.78 is 5.53. The van der Waals surface area contributed by atoms with Crippen LogP contribution in [0.5, 0.6) is 0 Å². The minimum atomic E-state index is 0.522. The van der Waals surface area contributed by atoms with E-state index in [2.05, 4.69) is 48.0 Å². The van der Waals surface area contributed by atoms with Crippen molar-refractivity contribution in [1.82, 2.24) is 9.88 Å². The molecular formula is C20H28N2O. The van der Waals surface area contributed by atoms with Crippen LogP contribution in [0.2, 0.25) is 0 Å². The number of hydrogen-bond donors (Lipinski definition) is 1. The molecule has 23 heavy (non-hydrogen) atoms. The first kappa shape index (κ1) is 15.2. The first-order chi connectivity index (χ1) is 11.2. The third-order valence-corrected chi connectivity index (χ3v) is 5.65. The maximum Gasteiger partial charge on any atom is 0.0524 e. The molecule has 124 valence electrons. The van der Waals surface area contributed by atoms with Crippen molar-refractivity contribution in [1.29, 1.82) is 0 Å². The van der Waals surface area contributed by atoms with E-state index in [1.54, 1.807) is 5.56 Å². The molecule has 0 radical (unpaired) electrons. The highest BCUT2D eigenvalue weighted by atomic mass is 16.5. The van der Waals surface area contributed by atoms with Gasteiger partial charge in [0, 0.05) is 42.9 Å². The fourth-order valence-corrected chi connectivity index (χ4v) is 4.54. The van der Waals surface area contributed by atoms with Gasteiger partial charge in [0.25, 0.3) is 0 Å². The van der Waals surface area contributed by atoms with E-state index < -0.39 is 0 Å². The monoisotopic (exact) mass is 312 g/mol. The minimum Gasteiger partial charge on any atom is -0.381 e. The van der Waals surface area contributed by atoms with E-state index in [0.29, 0.717) is 12.0 Å². The molecule has 0 amide bonds. The number of hydrogen-bond acceptors (Lipinski definition) is 2. The number of para-hydroxylation sites is 1. The van der Waals surface area contributed by atoms with Gasteiger partial charge in [-0.05, 0) is 42.7 Å². The van der Waals surface area contributed by atoms with E-state index in [4.69, 9.17) is 4.74 Å². The molecule has 1 fully saturated rings. The first-order valence-corrected chi connectivity index (χ1v) is 9.15. The van der Waals surface area contributed by atoms with Gasteiger partial charge in [0.2, 0.25) is 0 Å². The highest BCUT2D eigenvalue weighted by molar-refractivity contribution is 5.85. The van der Waals surface area contributed by atoms with E-state index in [-0.39, 0.29) is 0 Å². The SMILES string of the molecule is CC(C)C1c2[nH]c3ccccc3c2CCN1CC1CCOCC1. The van der Waals surface area contributed by atoms with Gasteiger partial charge in [0.15, 0.2) is 0 Å². The van der Waals surface area contributed by atoms with Gasteiger partial charge in [-0.3, -0.25) is 4.90 Å². The van der Waals surface area contributed by atoms with E-state index >= 15 is 0 Å². The van der Waals surface area contributed by atoms with E-state index in [1.807, 2.05) is 0 Å².